The Morgan fingerprint density at radius 1 is 0.958 bits per heavy atom. The van der Waals surface area contributed by atoms with Crippen LogP contribution in [0.15, 0.2) is 48.5 Å². The molecule has 0 saturated heterocycles. The Balaban J connectivity index is 1.75. The highest BCUT2D eigenvalue weighted by molar-refractivity contribution is 5.91. The molecular formula is C17H17FN2O4. The standard InChI is InChI=1S/C17H17FN2O4/c1-23-17(22)20-14-6-4-13(5-7-14)19-16(21)10-11-24-15-8-2-12(18)3-9-15/h2-9H,10-11H2,1H3,(H,19,21)(H,20,22). The number of methoxy groups -OCH3 is 1. The molecule has 0 fully saturated rings. The second kappa shape index (κ2) is 8.52. The Bertz CT molecular complexity index is 687. The van der Waals surface area contributed by atoms with Crippen molar-refractivity contribution in [3.63, 3.8) is 0 Å². The summed E-state index contributed by atoms with van der Waals surface area (Å²) in [4.78, 5) is 22.9. The van der Waals surface area contributed by atoms with E-state index in [1.54, 1.807) is 24.3 Å². The van der Waals surface area contributed by atoms with Gasteiger partial charge in [-0.15, -0.1) is 0 Å². The van der Waals surface area contributed by atoms with Gasteiger partial charge in [-0.25, -0.2) is 9.18 Å². The number of anilines is 2. The van der Waals surface area contributed by atoms with Crippen LogP contribution in [0.1, 0.15) is 6.42 Å². The summed E-state index contributed by atoms with van der Waals surface area (Å²) >= 11 is 0. The van der Waals surface area contributed by atoms with Gasteiger partial charge in [0, 0.05) is 11.4 Å². The summed E-state index contributed by atoms with van der Waals surface area (Å²) in [5.41, 5.74) is 1.15. The Kier molecular flexibility index (Phi) is 6.13. The molecule has 0 saturated carbocycles. The van der Waals surface area contributed by atoms with Crippen molar-refractivity contribution in [3.8, 4) is 5.75 Å². The van der Waals surface area contributed by atoms with Gasteiger partial charge in [0.05, 0.1) is 20.1 Å². The fourth-order valence-electron chi connectivity index (χ4n) is 1.82. The van der Waals surface area contributed by atoms with Crippen molar-refractivity contribution >= 4 is 23.4 Å². The minimum Gasteiger partial charge on any atom is -0.493 e. The number of carbonyl (C=O) groups excluding carboxylic acids is 2. The van der Waals surface area contributed by atoms with E-state index in [9.17, 15) is 14.0 Å². The zero-order valence-electron chi connectivity index (χ0n) is 13.0. The molecule has 0 atom stereocenters. The number of carbonyl (C=O) groups is 2. The van der Waals surface area contributed by atoms with E-state index >= 15 is 0 Å². The van der Waals surface area contributed by atoms with Gasteiger partial charge in [-0.05, 0) is 48.5 Å². The third kappa shape index (κ3) is 5.60. The summed E-state index contributed by atoms with van der Waals surface area (Å²) < 4.78 is 22.6. The van der Waals surface area contributed by atoms with Gasteiger partial charge in [-0.1, -0.05) is 0 Å². The zero-order chi connectivity index (χ0) is 17.4. The lowest BCUT2D eigenvalue weighted by Crippen LogP contribution is -2.15. The van der Waals surface area contributed by atoms with Crippen LogP contribution < -0.4 is 15.4 Å². The largest absolute Gasteiger partial charge is 0.493 e. The fraction of sp³-hybridized carbons (Fsp3) is 0.176. The van der Waals surface area contributed by atoms with Gasteiger partial charge in [0.2, 0.25) is 5.91 Å². The maximum Gasteiger partial charge on any atom is 0.411 e. The molecule has 24 heavy (non-hydrogen) atoms. The molecule has 0 radical (unpaired) electrons. The molecule has 0 spiro atoms. The third-order valence-electron chi connectivity index (χ3n) is 3.01. The Morgan fingerprint density at radius 3 is 2.12 bits per heavy atom. The highest BCUT2D eigenvalue weighted by atomic mass is 19.1. The van der Waals surface area contributed by atoms with Crippen LogP contribution in [0.25, 0.3) is 0 Å². The summed E-state index contributed by atoms with van der Waals surface area (Å²) in [5.74, 6) is -0.0570. The normalized spacial score (nSPS) is 9.92. The second-order valence-electron chi connectivity index (χ2n) is 4.79. The Labute approximate surface area is 138 Å². The number of nitrogens with one attached hydrogen (secondary N) is 2. The fourth-order valence-corrected chi connectivity index (χ4v) is 1.82. The van der Waals surface area contributed by atoms with Crippen molar-refractivity contribution in [3.05, 3.63) is 54.3 Å². The highest BCUT2D eigenvalue weighted by Crippen LogP contribution is 2.14. The van der Waals surface area contributed by atoms with E-state index in [2.05, 4.69) is 15.4 Å². The van der Waals surface area contributed by atoms with Gasteiger partial charge >= 0.3 is 6.09 Å². The van der Waals surface area contributed by atoms with Crippen LogP contribution in [0.4, 0.5) is 20.6 Å². The molecule has 0 bridgehead atoms. The minimum atomic E-state index is -0.565. The molecule has 6 nitrogen and oxygen atoms in total. The topological polar surface area (TPSA) is 76.7 Å². The molecule has 2 amide bonds. The van der Waals surface area contributed by atoms with Gasteiger partial charge in [0.15, 0.2) is 0 Å². The average molecular weight is 332 g/mol. The van der Waals surface area contributed by atoms with E-state index in [0.717, 1.165) is 0 Å². The molecular weight excluding hydrogens is 315 g/mol. The first-order valence-corrected chi connectivity index (χ1v) is 7.20. The molecule has 2 aromatic rings. The summed E-state index contributed by atoms with van der Waals surface area (Å²) in [5, 5.41) is 5.22. The molecule has 2 N–H and O–H groups in total. The van der Waals surface area contributed by atoms with E-state index in [0.29, 0.717) is 17.1 Å². The van der Waals surface area contributed by atoms with E-state index in [-0.39, 0.29) is 24.8 Å². The molecule has 0 aromatic heterocycles. The lowest BCUT2D eigenvalue weighted by atomic mass is 10.2. The predicted molar refractivity (Wildman–Crippen MR) is 87.6 cm³/mol. The molecule has 0 aliphatic rings. The number of halogens is 1. The first-order valence-electron chi connectivity index (χ1n) is 7.20. The summed E-state index contributed by atoms with van der Waals surface area (Å²) in [6.07, 6.45) is -0.413. The summed E-state index contributed by atoms with van der Waals surface area (Å²) in [6.45, 7) is 0.180. The second-order valence-corrected chi connectivity index (χ2v) is 4.79. The van der Waals surface area contributed by atoms with Crippen molar-refractivity contribution in [2.75, 3.05) is 24.4 Å². The number of ether oxygens (including phenoxy) is 2. The lowest BCUT2D eigenvalue weighted by Gasteiger charge is -2.08. The van der Waals surface area contributed by atoms with Crippen molar-refractivity contribution < 1.29 is 23.5 Å². The lowest BCUT2D eigenvalue weighted by molar-refractivity contribution is -0.116. The smallest absolute Gasteiger partial charge is 0.411 e. The molecule has 2 aromatic carbocycles. The van der Waals surface area contributed by atoms with Crippen molar-refractivity contribution in [2.24, 2.45) is 0 Å². The van der Waals surface area contributed by atoms with Crippen LogP contribution in [-0.4, -0.2) is 25.7 Å². The van der Waals surface area contributed by atoms with Crippen LogP contribution in [0.5, 0.6) is 5.75 Å². The number of amides is 2. The highest BCUT2D eigenvalue weighted by Gasteiger charge is 2.05. The van der Waals surface area contributed by atoms with Crippen LogP contribution in [0.2, 0.25) is 0 Å². The van der Waals surface area contributed by atoms with Gasteiger partial charge in [-0.2, -0.15) is 0 Å². The maximum absolute atomic E-state index is 12.7. The van der Waals surface area contributed by atoms with E-state index in [1.807, 2.05) is 0 Å². The molecule has 2 rings (SSSR count). The summed E-state index contributed by atoms with van der Waals surface area (Å²) in [7, 11) is 1.28. The Hall–Kier alpha value is -3.09. The molecule has 7 heteroatoms. The zero-order valence-corrected chi connectivity index (χ0v) is 13.0. The van der Waals surface area contributed by atoms with Crippen molar-refractivity contribution in [1.29, 1.82) is 0 Å². The third-order valence-corrected chi connectivity index (χ3v) is 3.01. The first kappa shape index (κ1) is 17.3. The number of benzene rings is 2. The van der Waals surface area contributed by atoms with Crippen LogP contribution in [0, 0.1) is 5.82 Å². The van der Waals surface area contributed by atoms with Crippen LogP contribution in [-0.2, 0) is 9.53 Å². The van der Waals surface area contributed by atoms with Crippen molar-refractivity contribution in [1.82, 2.24) is 0 Å². The van der Waals surface area contributed by atoms with Gasteiger partial charge < -0.3 is 14.8 Å². The number of hydrogen-bond acceptors (Lipinski definition) is 4. The molecule has 0 aliphatic heterocycles. The summed E-state index contributed by atoms with van der Waals surface area (Å²) in [6, 6.07) is 12.2. The monoisotopic (exact) mass is 332 g/mol. The molecule has 126 valence electrons. The van der Waals surface area contributed by atoms with Gasteiger partial charge in [0.1, 0.15) is 11.6 Å². The van der Waals surface area contributed by atoms with E-state index in [1.165, 1.54) is 31.4 Å². The van der Waals surface area contributed by atoms with Crippen molar-refractivity contribution in [2.45, 2.75) is 6.42 Å². The minimum absolute atomic E-state index is 0.152. The maximum atomic E-state index is 12.7. The van der Waals surface area contributed by atoms with E-state index < -0.39 is 6.09 Å². The Morgan fingerprint density at radius 2 is 1.54 bits per heavy atom. The van der Waals surface area contributed by atoms with Gasteiger partial charge in [0.25, 0.3) is 0 Å². The number of rotatable bonds is 6. The van der Waals surface area contributed by atoms with Crippen LogP contribution >= 0.6 is 0 Å². The predicted octanol–water partition coefficient (Wildman–Crippen LogP) is 3.41. The number of hydrogen-bond donors (Lipinski definition) is 2. The van der Waals surface area contributed by atoms with Gasteiger partial charge in [-0.3, -0.25) is 10.1 Å². The van der Waals surface area contributed by atoms with E-state index in [4.69, 9.17) is 4.74 Å². The first-order chi connectivity index (χ1) is 11.6. The molecule has 0 unspecified atom stereocenters. The SMILES string of the molecule is COC(=O)Nc1ccc(NC(=O)CCOc2ccc(F)cc2)cc1. The molecule has 0 heterocycles. The van der Waals surface area contributed by atoms with Crippen LogP contribution in [0.3, 0.4) is 0 Å². The average Bonchev–Trinajstić information content (AvgIpc) is 2.58. The quantitative estimate of drug-likeness (QED) is 0.850. The molecule has 0 aliphatic carbocycles.